The molecule has 1 aromatic carbocycles. The number of rotatable bonds is 3. The van der Waals surface area contributed by atoms with Gasteiger partial charge in [0, 0.05) is 11.8 Å². The third-order valence-corrected chi connectivity index (χ3v) is 3.43. The van der Waals surface area contributed by atoms with Gasteiger partial charge in [-0.25, -0.2) is 0 Å². The van der Waals surface area contributed by atoms with Crippen molar-refractivity contribution in [1.82, 2.24) is 19.9 Å². The van der Waals surface area contributed by atoms with Crippen molar-refractivity contribution in [2.24, 2.45) is 0 Å². The number of benzene rings is 1. The molecule has 0 unspecified atom stereocenters. The monoisotopic (exact) mass is 280 g/mol. The standard InChI is InChI=1S/C16H16N4O/c1-11-6-7-12(2)13(9-11)16(21)17-10-15-19-18-14-5-3-4-8-20(14)15/h3-9H,10H2,1-2H3,(H,17,21). The molecule has 3 rings (SSSR count). The first-order valence-electron chi connectivity index (χ1n) is 6.79. The van der Waals surface area contributed by atoms with Crippen molar-refractivity contribution in [2.45, 2.75) is 20.4 Å². The molecule has 0 spiro atoms. The lowest BCUT2D eigenvalue weighted by Gasteiger charge is -2.08. The van der Waals surface area contributed by atoms with Crippen LogP contribution in [0.3, 0.4) is 0 Å². The van der Waals surface area contributed by atoms with Crippen LogP contribution in [0.5, 0.6) is 0 Å². The average molecular weight is 280 g/mol. The first-order chi connectivity index (χ1) is 10.1. The number of carbonyl (C=O) groups is 1. The van der Waals surface area contributed by atoms with Gasteiger partial charge in [-0.2, -0.15) is 0 Å². The van der Waals surface area contributed by atoms with E-state index >= 15 is 0 Å². The Bertz CT molecular complexity index is 807. The Kier molecular flexibility index (Phi) is 3.39. The molecule has 0 radical (unpaired) electrons. The molecule has 2 aromatic heterocycles. The van der Waals surface area contributed by atoms with Gasteiger partial charge in [0.1, 0.15) is 0 Å². The third-order valence-electron chi connectivity index (χ3n) is 3.43. The van der Waals surface area contributed by atoms with Crippen LogP contribution in [0.15, 0.2) is 42.6 Å². The highest BCUT2D eigenvalue weighted by atomic mass is 16.1. The van der Waals surface area contributed by atoms with E-state index in [4.69, 9.17) is 0 Å². The molecule has 0 saturated heterocycles. The van der Waals surface area contributed by atoms with Gasteiger partial charge >= 0.3 is 0 Å². The topological polar surface area (TPSA) is 59.3 Å². The van der Waals surface area contributed by atoms with Crippen molar-refractivity contribution < 1.29 is 4.79 Å². The van der Waals surface area contributed by atoms with Crippen molar-refractivity contribution in [3.8, 4) is 0 Å². The van der Waals surface area contributed by atoms with E-state index in [1.54, 1.807) is 0 Å². The molecule has 21 heavy (non-hydrogen) atoms. The van der Waals surface area contributed by atoms with Gasteiger partial charge in [0.25, 0.3) is 5.91 Å². The Morgan fingerprint density at radius 2 is 2.05 bits per heavy atom. The maximum absolute atomic E-state index is 12.3. The maximum Gasteiger partial charge on any atom is 0.251 e. The van der Waals surface area contributed by atoms with Gasteiger partial charge in [-0.3, -0.25) is 9.20 Å². The molecule has 0 aliphatic heterocycles. The fourth-order valence-electron chi connectivity index (χ4n) is 2.25. The van der Waals surface area contributed by atoms with Gasteiger partial charge in [-0.05, 0) is 37.6 Å². The molecule has 5 heteroatoms. The van der Waals surface area contributed by atoms with Crippen LogP contribution in [-0.4, -0.2) is 20.5 Å². The van der Waals surface area contributed by atoms with Crippen molar-refractivity contribution in [1.29, 1.82) is 0 Å². The lowest BCUT2D eigenvalue weighted by atomic mass is 10.1. The summed E-state index contributed by atoms with van der Waals surface area (Å²) in [6.45, 7) is 4.25. The fourth-order valence-corrected chi connectivity index (χ4v) is 2.25. The Labute approximate surface area is 122 Å². The van der Waals surface area contributed by atoms with Crippen LogP contribution in [0.25, 0.3) is 5.65 Å². The highest BCUT2D eigenvalue weighted by Crippen LogP contribution is 2.11. The quantitative estimate of drug-likeness (QED) is 0.800. The summed E-state index contributed by atoms with van der Waals surface area (Å²) in [7, 11) is 0. The zero-order valence-corrected chi connectivity index (χ0v) is 12.0. The van der Waals surface area contributed by atoms with E-state index in [2.05, 4.69) is 15.5 Å². The van der Waals surface area contributed by atoms with Gasteiger partial charge in [0.05, 0.1) is 6.54 Å². The highest BCUT2D eigenvalue weighted by molar-refractivity contribution is 5.95. The second-order valence-electron chi connectivity index (χ2n) is 5.05. The molecule has 5 nitrogen and oxygen atoms in total. The molecule has 0 saturated carbocycles. The number of pyridine rings is 1. The summed E-state index contributed by atoms with van der Waals surface area (Å²) in [4.78, 5) is 12.3. The van der Waals surface area contributed by atoms with Crippen LogP contribution in [-0.2, 0) is 6.54 Å². The summed E-state index contributed by atoms with van der Waals surface area (Å²) in [5.41, 5.74) is 3.50. The van der Waals surface area contributed by atoms with Gasteiger partial charge in [-0.15, -0.1) is 10.2 Å². The summed E-state index contributed by atoms with van der Waals surface area (Å²) >= 11 is 0. The van der Waals surface area contributed by atoms with E-state index in [0.29, 0.717) is 17.9 Å². The highest BCUT2D eigenvalue weighted by Gasteiger charge is 2.11. The minimum atomic E-state index is -0.0936. The average Bonchev–Trinajstić information content (AvgIpc) is 2.90. The maximum atomic E-state index is 12.3. The van der Waals surface area contributed by atoms with Crippen LogP contribution in [0, 0.1) is 13.8 Å². The zero-order chi connectivity index (χ0) is 14.8. The summed E-state index contributed by atoms with van der Waals surface area (Å²) < 4.78 is 1.86. The third kappa shape index (κ3) is 2.63. The van der Waals surface area contributed by atoms with Gasteiger partial charge < -0.3 is 5.32 Å². The number of hydrogen-bond acceptors (Lipinski definition) is 3. The zero-order valence-electron chi connectivity index (χ0n) is 12.0. The Balaban J connectivity index is 1.78. The lowest BCUT2D eigenvalue weighted by molar-refractivity contribution is 0.0949. The van der Waals surface area contributed by atoms with Gasteiger partial charge in [-0.1, -0.05) is 23.8 Å². The first kappa shape index (κ1) is 13.3. The Hall–Kier alpha value is -2.69. The van der Waals surface area contributed by atoms with Gasteiger partial charge in [0.15, 0.2) is 11.5 Å². The van der Waals surface area contributed by atoms with E-state index in [9.17, 15) is 4.79 Å². The molecule has 0 atom stereocenters. The molecular weight excluding hydrogens is 264 g/mol. The van der Waals surface area contributed by atoms with Crippen LogP contribution in [0.1, 0.15) is 27.3 Å². The Morgan fingerprint density at radius 1 is 1.19 bits per heavy atom. The summed E-state index contributed by atoms with van der Waals surface area (Å²) in [5, 5.41) is 11.1. The molecule has 2 heterocycles. The molecule has 0 aliphatic carbocycles. The van der Waals surface area contributed by atoms with E-state index in [0.717, 1.165) is 16.8 Å². The van der Waals surface area contributed by atoms with E-state index in [1.165, 1.54) is 0 Å². The lowest BCUT2D eigenvalue weighted by Crippen LogP contribution is -2.24. The molecular formula is C16H16N4O. The second-order valence-corrected chi connectivity index (χ2v) is 5.05. The summed E-state index contributed by atoms with van der Waals surface area (Å²) in [6, 6.07) is 11.5. The Morgan fingerprint density at radius 3 is 2.90 bits per heavy atom. The number of nitrogens with one attached hydrogen (secondary N) is 1. The van der Waals surface area contributed by atoms with Crippen LogP contribution in [0.2, 0.25) is 0 Å². The number of hydrogen-bond donors (Lipinski definition) is 1. The molecule has 1 N–H and O–H groups in total. The minimum absolute atomic E-state index is 0.0936. The summed E-state index contributed by atoms with van der Waals surface area (Å²) in [5.74, 6) is 0.619. The SMILES string of the molecule is Cc1ccc(C)c(C(=O)NCc2nnc3ccccn23)c1. The van der Waals surface area contributed by atoms with Crippen molar-refractivity contribution in [3.63, 3.8) is 0 Å². The molecule has 3 aromatic rings. The number of amides is 1. The first-order valence-corrected chi connectivity index (χ1v) is 6.79. The number of aryl methyl sites for hydroxylation is 2. The van der Waals surface area contributed by atoms with Crippen LogP contribution >= 0.6 is 0 Å². The minimum Gasteiger partial charge on any atom is -0.345 e. The molecule has 1 amide bonds. The van der Waals surface area contributed by atoms with Crippen molar-refractivity contribution in [3.05, 3.63) is 65.1 Å². The van der Waals surface area contributed by atoms with E-state index in [-0.39, 0.29) is 5.91 Å². The number of fused-ring (bicyclic) bond motifs is 1. The molecule has 0 fully saturated rings. The van der Waals surface area contributed by atoms with Crippen LogP contribution in [0.4, 0.5) is 0 Å². The largest absolute Gasteiger partial charge is 0.345 e. The van der Waals surface area contributed by atoms with Crippen molar-refractivity contribution in [2.75, 3.05) is 0 Å². The van der Waals surface area contributed by atoms with Gasteiger partial charge in [0.2, 0.25) is 0 Å². The molecule has 106 valence electrons. The number of nitrogens with zero attached hydrogens (tertiary/aromatic N) is 3. The smallest absolute Gasteiger partial charge is 0.251 e. The second kappa shape index (κ2) is 5.36. The van der Waals surface area contributed by atoms with E-state index in [1.807, 2.05) is 60.8 Å². The normalized spacial score (nSPS) is 10.8. The fraction of sp³-hybridized carbons (Fsp3) is 0.188. The van der Waals surface area contributed by atoms with E-state index < -0.39 is 0 Å². The number of carbonyl (C=O) groups excluding carboxylic acids is 1. The molecule has 0 aliphatic rings. The predicted octanol–water partition coefficient (Wildman–Crippen LogP) is 2.28. The predicted molar refractivity (Wildman–Crippen MR) is 80.1 cm³/mol. The summed E-state index contributed by atoms with van der Waals surface area (Å²) in [6.07, 6.45) is 1.88. The van der Waals surface area contributed by atoms with Crippen molar-refractivity contribution >= 4 is 11.6 Å². The van der Waals surface area contributed by atoms with Crippen LogP contribution < -0.4 is 5.32 Å². The number of aromatic nitrogens is 3. The molecule has 0 bridgehead atoms.